The fraction of sp³-hybridized carbons (Fsp3) is 0.0952. The number of nitrogens with two attached hydrogens (primary N) is 2. The van der Waals surface area contributed by atoms with Crippen molar-refractivity contribution in [2.45, 2.75) is 12.8 Å². The third-order valence-electron chi connectivity index (χ3n) is 3.36. The zero-order chi connectivity index (χ0) is 19.5. The summed E-state index contributed by atoms with van der Waals surface area (Å²) in [6.45, 7) is 3.68. The van der Waals surface area contributed by atoms with E-state index in [0.717, 1.165) is 11.1 Å². The SMILES string of the molecule is C=Cc1ccc(OC(=O)CCc2cc(OC#CN)cc(OC#CN)c2)cc1. The van der Waals surface area contributed by atoms with Crippen molar-refractivity contribution in [3.05, 3.63) is 60.2 Å². The fourth-order valence-corrected chi connectivity index (χ4v) is 2.17. The largest absolute Gasteiger partial charge is 0.427 e. The Morgan fingerprint density at radius 3 is 2.07 bits per heavy atom. The number of hydrogen-bond acceptors (Lipinski definition) is 6. The smallest absolute Gasteiger partial charge is 0.311 e. The van der Waals surface area contributed by atoms with Crippen LogP contribution in [0.4, 0.5) is 0 Å². The molecule has 0 spiro atoms. The number of aryl methyl sites for hydroxylation is 1. The van der Waals surface area contributed by atoms with Gasteiger partial charge in [0.25, 0.3) is 0 Å². The Kier molecular flexibility index (Phi) is 7.20. The second kappa shape index (κ2) is 10.1. The third kappa shape index (κ3) is 6.41. The molecule has 0 amide bonds. The van der Waals surface area contributed by atoms with Crippen LogP contribution >= 0.6 is 0 Å². The minimum Gasteiger partial charge on any atom is -0.427 e. The predicted octanol–water partition coefficient (Wildman–Crippen LogP) is 2.38. The molecule has 6 nitrogen and oxygen atoms in total. The number of hydrogen-bond donors (Lipinski definition) is 2. The summed E-state index contributed by atoms with van der Waals surface area (Å²) in [7, 11) is 0. The van der Waals surface area contributed by atoms with Gasteiger partial charge in [-0.3, -0.25) is 4.79 Å². The molecule has 0 aromatic heterocycles. The number of carbonyl (C=O) groups excluding carboxylic acids is 1. The second-order valence-corrected chi connectivity index (χ2v) is 5.26. The summed E-state index contributed by atoms with van der Waals surface area (Å²) in [4.78, 5) is 12.1. The van der Waals surface area contributed by atoms with Crippen molar-refractivity contribution in [2.75, 3.05) is 0 Å². The Balaban J connectivity index is 2.02. The Morgan fingerprint density at radius 2 is 1.56 bits per heavy atom. The van der Waals surface area contributed by atoms with Crippen molar-refractivity contribution in [1.29, 1.82) is 0 Å². The number of esters is 1. The van der Waals surface area contributed by atoms with E-state index in [9.17, 15) is 4.79 Å². The third-order valence-corrected chi connectivity index (χ3v) is 3.36. The van der Waals surface area contributed by atoms with Crippen LogP contribution in [0, 0.1) is 24.3 Å². The molecule has 0 atom stereocenters. The molecule has 0 saturated heterocycles. The van der Waals surface area contributed by atoms with Gasteiger partial charge in [0, 0.05) is 24.6 Å². The molecule has 4 N–H and O–H groups in total. The molecule has 0 radical (unpaired) electrons. The second-order valence-electron chi connectivity index (χ2n) is 5.26. The van der Waals surface area contributed by atoms with Crippen LogP contribution in [0.2, 0.25) is 0 Å². The number of carbonyl (C=O) groups is 1. The van der Waals surface area contributed by atoms with E-state index in [1.807, 2.05) is 12.1 Å². The van der Waals surface area contributed by atoms with Crippen molar-refractivity contribution in [1.82, 2.24) is 0 Å². The molecule has 2 rings (SSSR count). The first kappa shape index (κ1) is 19.3. The summed E-state index contributed by atoms with van der Waals surface area (Å²) >= 11 is 0. The van der Waals surface area contributed by atoms with Gasteiger partial charge in [-0.15, -0.1) is 0 Å². The molecule has 0 fully saturated rings. The molecule has 0 unspecified atom stereocenters. The molecule has 2 aromatic carbocycles. The van der Waals surface area contributed by atoms with Crippen molar-refractivity contribution < 1.29 is 19.0 Å². The zero-order valence-electron chi connectivity index (χ0n) is 14.5. The van der Waals surface area contributed by atoms with E-state index in [-0.39, 0.29) is 12.4 Å². The Labute approximate surface area is 157 Å². The van der Waals surface area contributed by atoms with Crippen molar-refractivity contribution >= 4 is 12.0 Å². The fourth-order valence-electron chi connectivity index (χ4n) is 2.17. The Bertz CT molecular complexity index is 888. The Morgan fingerprint density at radius 1 is 0.963 bits per heavy atom. The van der Waals surface area contributed by atoms with Crippen LogP contribution in [0.3, 0.4) is 0 Å². The highest BCUT2D eigenvalue weighted by Crippen LogP contribution is 2.24. The first-order valence-electron chi connectivity index (χ1n) is 7.96. The summed E-state index contributed by atoms with van der Waals surface area (Å²) in [6.07, 6.45) is 6.87. The summed E-state index contributed by atoms with van der Waals surface area (Å²) in [5, 5.41) is 0. The highest BCUT2D eigenvalue weighted by Gasteiger charge is 2.09. The van der Waals surface area contributed by atoms with Crippen LogP contribution in [0.1, 0.15) is 17.5 Å². The summed E-state index contributed by atoms with van der Waals surface area (Å²) in [5.41, 5.74) is 11.9. The van der Waals surface area contributed by atoms with Crippen molar-refractivity contribution in [3.8, 4) is 41.6 Å². The van der Waals surface area contributed by atoms with Gasteiger partial charge in [0.05, 0.1) is 0 Å². The maximum atomic E-state index is 12.1. The Hall–Kier alpha value is -4.03. The van der Waals surface area contributed by atoms with Gasteiger partial charge in [0.15, 0.2) is 0 Å². The van der Waals surface area contributed by atoms with Gasteiger partial charge in [0.2, 0.25) is 0 Å². The molecule has 136 valence electrons. The summed E-state index contributed by atoms with van der Waals surface area (Å²) < 4.78 is 15.7. The van der Waals surface area contributed by atoms with Gasteiger partial charge >= 0.3 is 5.97 Å². The van der Waals surface area contributed by atoms with E-state index in [0.29, 0.717) is 23.7 Å². The highest BCUT2D eigenvalue weighted by molar-refractivity contribution is 5.72. The van der Waals surface area contributed by atoms with E-state index < -0.39 is 0 Å². The lowest BCUT2D eigenvalue weighted by atomic mass is 10.1. The van der Waals surface area contributed by atoms with E-state index >= 15 is 0 Å². The molecular weight excluding hydrogens is 344 g/mol. The van der Waals surface area contributed by atoms with Crippen LogP contribution in [0.15, 0.2) is 49.0 Å². The molecule has 0 aliphatic heterocycles. The standard InChI is InChI=1S/C21H18N2O4/c1-2-16-3-6-18(7-4-16)27-21(24)8-5-17-13-19(25-11-9-22)15-20(14-17)26-12-10-23/h2-4,6-7,13-15H,1,5,8,22-23H2. The average Bonchev–Trinajstić information content (AvgIpc) is 2.69. The van der Waals surface area contributed by atoms with Crippen LogP contribution < -0.4 is 25.7 Å². The maximum absolute atomic E-state index is 12.1. The van der Waals surface area contributed by atoms with Crippen LogP contribution in [-0.2, 0) is 11.2 Å². The number of benzene rings is 2. The van der Waals surface area contributed by atoms with Crippen molar-refractivity contribution in [2.24, 2.45) is 11.5 Å². The molecule has 0 bridgehead atoms. The van der Waals surface area contributed by atoms with Gasteiger partial charge in [-0.2, -0.15) is 0 Å². The summed E-state index contributed by atoms with van der Waals surface area (Å²) in [5.74, 6) is 0.932. The quantitative estimate of drug-likeness (QED) is 0.340. The molecule has 27 heavy (non-hydrogen) atoms. The molecular formula is C21H18N2O4. The minimum absolute atomic E-state index is 0.164. The molecule has 0 heterocycles. The molecule has 2 aromatic rings. The van der Waals surface area contributed by atoms with E-state index in [2.05, 4.69) is 30.9 Å². The predicted molar refractivity (Wildman–Crippen MR) is 102 cm³/mol. The van der Waals surface area contributed by atoms with E-state index in [1.54, 1.807) is 36.4 Å². The van der Waals surface area contributed by atoms with Crippen molar-refractivity contribution in [3.63, 3.8) is 0 Å². The lowest BCUT2D eigenvalue weighted by Crippen LogP contribution is -2.09. The minimum atomic E-state index is -0.362. The first-order chi connectivity index (χ1) is 13.1. The normalized spacial score (nSPS) is 9.04. The lowest BCUT2D eigenvalue weighted by molar-refractivity contribution is -0.134. The topological polar surface area (TPSA) is 96.8 Å². The van der Waals surface area contributed by atoms with Crippen LogP contribution in [-0.4, -0.2) is 5.97 Å². The molecule has 0 aliphatic rings. The van der Waals surface area contributed by atoms with Crippen LogP contribution in [0.25, 0.3) is 6.08 Å². The number of rotatable bonds is 7. The lowest BCUT2D eigenvalue weighted by Gasteiger charge is -2.07. The molecule has 0 aliphatic carbocycles. The van der Waals surface area contributed by atoms with Crippen LogP contribution in [0.5, 0.6) is 17.2 Å². The van der Waals surface area contributed by atoms with Gasteiger partial charge in [-0.1, -0.05) is 24.8 Å². The average molecular weight is 362 g/mol. The van der Waals surface area contributed by atoms with E-state index in [1.165, 1.54) is 0 Å². The number of ether oxygens (including phenoxy) is 3. The van der Waals surface area contributed by atoms with Gasteiger partial charge < -0.3 is 25.7 Å². The highest BCUT2D eigenvalue weighted by atomic mass is 16.5. The molecule has 0 saturated carbocycles. The van der Waals surface area contributed by atoms with Gasteiger partial charge in [-0.25, -0.2) is 0 Å². The van der Waals surface area contributed by atoms with Gasteiger partial charge in [0.1, 0.15) is 29.5 Å². The zero-order valence-corrected chi connectivity index (χ0v) is 14.5. The monoisotopic (exact) mass is 362 g/mol. The first-order valence-corrected chi connectivity index (χ1v) is 7.96. The van der Waals surface area contributed by atoms with Gasteiger partial charge in [-0.05, 0) is 41.8 Å². The summed E-state index contributed by atoms with van der Waals surface area (Å²) in [6, 6.07) is 16.4. The molecule has 6 heteroatoms. The maximum Gasteiger partial charge on any atom is 0.311 e. The van der Waals surface area contributed by atoms with E-state index in [4.69, 9.17) is 25.7 Å².